The smallest absolute Gasteiger partial charge is 0.371 e. The molecular weight excluding hydrogens is 290 g/mol. The second kappa shape index (κ2) is 6.06. The lowest BCUT2D eigenvalue weighted by Crippen LogP contribution is -2.29. The molecule has 0 aromatic carbocycles. The number of sulfonamides is 1. The minimum atomic E-state index is -3.92. The average molecular weight is 305 g/mol. The van der Waals surface area contributed by atoms with Crippen molar-refractivity contribution in [3.63, 3.8) is 0 Å². The van der Waals surface area contributed by atoms with E-state index in [1.54, 1.807) is 0 Å². The van der Waals surface area contributed by atoms with Gasteiger partial charge in [0, 0.05) is 19.7 Å². The molecular formula is C11H15NO7S. The highest BCUT2D eigenvalue weighted by Gasteiger charge is 2.28. The Labute approximate surface area is 116 Å². The van der Waals surface area contributed by atoms with Gasteiger partial charge in [-0.3, -0.25) is 4.79 Å². The third-order valence-corrected chi connectivity index (χ3v) is 4.59. The van der Waals surface area contributed by atoms with Crippen LogP contribution in [-0.4, -0.2) is 50.5 Å². The minimum absolute atomic E-state index is 0.0210. The quantitative estimate of drug-likeness (QED) is 0.760. The maximum Gasteiger partial charge on any atom is 0.371 e. The second-order valence-corrected chi connectivity index (χ2v) is 6.00. The van der Waals surface area contributed by atoms with Crippen molar-refractivity contribution in [3.8, 4) is 0 Å². The van der Waals surface area contributed by atoms with Crippen LogP contribution in [0.4, 0.5) is 0 Å². The molecule has 9 heteroatoms. The van der Waals surface area contributed by atoms with E-state index in [4.69, 9.17) is 9.52 Å². The van der Waals surface area contributed by atoms with Crippen molar-refractivity contribution in [2.45, 2.75) is 18.2 Å². The van der Waals surface area contributed by atoms with Crippen LogP contribution >= 0.6 is 0 Å². The predicted octanol–water partition coefficient (Wildman–Crippen LogP) is 0.470. The summed E-state index contributed by atoms with van der Waals surface area (Å²) in [6, 6.07) is 0.946. The second-order valence-electron chi connectivity index (χ2n) is 3.99. The van der Waals surface area contributed by atoms with E-state index in [0.29, 0.717) is 0 Å². The fourth-order valence-electron chi connectivity index (χ4n) is 1.47. The summed E-state index contributed by atoms with van der Waals surface area (Å²) < 4.78 is 34.6. The SMILES string of the molecule is COC(=O)CCN(C)S(=O)(=O)c1cc(C(=O)O)oc1C. The zero-order valence-electron chi connectivity index (χ0n) is 11.2. The molecule has 0 unspecified atom stereocenters. The van der Waals surface area contributed by atoms with Crippen molar-refractivity contribution in [1.29, 1.82) is 0 Å². The van der Waals surface area contributed by atoms with Crippen molar-refractivity contribution < 1.29 is 32.3 Å². The molecule has 0 amide bonds. The van der Waals surface area contributed by atoms with E-state index < -0.39 is 27.7 Å². The first kappa shape index (κ1) is 16.2. The Morgan fingerprint density at radius 2 is 2.05 bits per heavy atom. The molecule has 1 aromatic heterocycles. The number of aryl methyl sites for hydroxylation is 1. The summed E-state index contributed by atoms with van der Waals surface area (Å²) in [6.07, 6.45) is -0.102. The first-order valence-electron chi connectivity index (χ1n) is 5.57. The molecule has 8 nitrogen and oxygen atoms in total. The Kier molecular flexibility index (Phi) is 4.90. The Bertz CT molecular complexity index is 617. The molecule has 0 saturated carbocycles. The van der Waals surface area contributed by atoms with Gasteiger partial charge in [0.2, 0.25) is 15.8 Å². The van der Waals surface area contributed by atoms with Gasteiger partial charge in [-0.25, -0.2) is 17.5 Å². The number of hydrogen-bond donors (Lipinski definition) is 1. The number of methoxy groups -OCH3 is 1. The van der Waals surface area contributed by atoms with Crippen molar-refractivity contribution in [2.75, 3.05) is 20.7 Å². The van der Waals surface area contributed by atoms with Crippen LogP contribution in [0.25, 0.3) is 0 Å². The van der Waals surface area contributed by atoms with Gasteiger partial charge in [0.05, 0.1) is 13.5 Å². The van der Waals surface area contributed by atoms with E-state index in [1.165, 1.54) is 21.1 Å². The Morgan fingerprint density at radius 1 is 1.45 bits per heavy atom. The van der Waals surface area contributed by atoms with Crippen molar-refractivity contribution in [1.82, 2.24) is 4.31 Å². The largest absolute Gasteiger partial charge is 0.475 e. The van der Waals surface area contributed by atoms with E-state index in [-0.39, 0.29) is 23.6 Å². The standard InChI is InChI=1S/C11H15NO7S/c1-7-9(6-8(19-7)11(14)15)20(16,17)12(2)5-4-10(13)18-3/h6H,4-5H2,1-3H3,(H,14,15). The summed E-state index contributed by atoms with van der Waals surface area (Å²) in [6.45, 7) is 1.27. The predicted molar refractivity (Wildman–Crippen MR) is 66.9 cm³/mol. The number of rotatable bonds is 6. The molecule has 20 heavy (non-hydrogen) atoms. The number of carboxylic acids is 1. The number of carboxylic acid groups (broad SMARTS) is 1. The average Bonchev–Trinajstić information content (AvgIpc) is 2.78. The third-order valence-electron chi connectivity index (χ3n) is 2.63. The third kappa shape index (κ3) is 3.36. The van der Waals surface area contributed by atoms with Gasteiger partial charge in [0.15, 0.2) is 0 Å². The topological polar surface area (TPSA) is 114 Å². The molecule has 1 N–H and O–H groups in total. The fraction of sp³-hybridized carbons (Fsp3) is 0.455. The van der Waals surface area contributed by atoms with Crippen LogP contribution in [0.15, 0.2) is 15.4 Å². The molecule has 1 aromatic rings. The van der Waals surface area contributed by atoms with Gasteiger partial charge in [-0.2, -0.15) is 0 Å². The van der Waals surface area contributed by atoms with E-state index in [1.807, 2.05) is 0 Å². The van der Waals surface area contributed by atoms with Crippen LogP contribution < -0.4 is 0 Å². The summed E-state index contributed by atoms with van der Waals surface area (Å²) in [7, 11) is -1.43. The number of furan rings is 1. The highest BCUT2D eigenvalue weighted by Crippen LogP contribution is 2.23. The van der Waals surface area contributed by atoms with Gasteiger partial charge >= 0.3 is 11.9 Å². The molecule has 0 radical (unpaired) electrons. The van der Waals surface area contributed by atoms with Crippen LogP contribution in [0.5, 0.6) is 0 Å². The molecule has 0 saturated heterocycles. The van der Waals surface area contributed by atoms with Gasteiger partial charge < -0.3 is 14.3 Å². The molecule has 0 fully saturated rings. The molecule has 0 bridgehead atoms. The Balaban J connectivity index is 2.98. The van der Waals surface area contributed by atoms with Crippen LogP contribution in [0.3, 0.4) is 0 Å². The highest BCUT2D eigenvalue weighted by molar-refractivity contribution is 7.89. The van der Waals surface area contributed by atoms with Gasteiger partial charge in [-0.15, -0.1) is 0 Å². The Hall–Kier alpha value is -1.87. The molecule has 1 rings (SSSR count). The molecule has 0 atom stereocenters. The van der Waals surface area contributed by atoms with Gasteiger partial charge in [-0.1, -0.05) is 0 Å². The number of carbonyl (C=O) groups excluding carboxylic acids is 1. The zero-order chi connectivity index (χ0) is 15.5. The fourth-order valence-corrected chi connectivity index (χ4v) is 2.79. The summed E-state index contributed by atoms with van der Waals surface area (Å²) in [4.78, 5) is 21.5. The van der Waals surface area contributed by atoms with Crippen molar-refractivity contribution >= 4 is 22.0 Å². The number of nitrogens with zero attached hydrogens (tertiary/aromatic N) is 1. The van der Waals surface area contributed by atoms with Crippen LogP contribution in [0.1, 0.15) is 22.7 Å². The lowest BCUT2D eigenvalue weighted by Gasteiger charge is -2.15. The number of aromatic carboxylic acids is 1. The van der Waals surface area contributed by atoms with Gasteiger partial charge in [-0.05, 0) is 6.92 Å². The lowest BCUT2D eigenvalue weighted by atomic mass is 10.4. The normalized spacial score (nSPS) is 11.6. The van der Waals surface area contributed by atoms with E-state index >= 15 is 0 Å². The first-order valence-corrected chi connectivity index (χ1v) is 7.01. The van der Waals surface area contributed by atoms with Crippen LogP contribution in [-0.2, 0) is 19.6 Å². The maximum atomic E-state index is 12.2. The summed E-state index contributed by atoms with van der Waals surface area (Å²) in [5.74, 6) is -2.37. The number of hydrogen-bond acceptors (Lipinski definition) is 6. The summed E-state index contributed by atoms with van der Waals surface area (Å²) >= 11 is 0. The molecule has 112 valence electrons. The molecule has 0 aliphatic rings. The lowest BCUT2D eigenvalue weighted by molar-refractivity contribution is -0.140. The Morgan fingerprint density at radius 3 is 2.50 bits per heavy atom. The van der Waals surface area contributed by atoms with Gasteiger partial charge in [0.25, 0.3) is 0 Å². The molecule has 0 aliphatic carbocycles. The van der Waals surface area contributed by atoms with Gasteiger partial charge in [0.1, 0.15) is 10.7 Å². The summed E-state index contributed by atoms with van der Waals surface area (Å²) in [5, 5.41) is 8.77. The highest BCUT2D eigenvalue weighted by atomic mass is 32.2. The van der Waals surface area contributed by atoms with E-state index in [9.17, 15) is 18.0 Å². The van der Waals surface area contributed by atoms with Crippen molar-refractivity contribution in [2.24, 2.45) is 0 Å². The molecule has 0 aliphatic heterocycles. The number of carbonyl (C=O) groups is 2. The molecule has 1 heterocycles. The minimum Gasteiger partial charge on any atom is -0.475 e. The maximum absolute atomic E-state index is 12.2. The van der Waals surface area contributed by atoms with E-state index in [2.05, 4.69) is 4.74 Å². The zero-order valence-corrected chi connectivity index (χ0v) is 12.1. The first-order chi connectivity index (χ1) is 9.20. The number of esters is 1. The number of ether oxygens (including phenoxy) is 1. The van der Waals surface area contributed by atoms with E-state index in [0.717, 1.165) is 10.4 Å². The van der Waals surface area contributed by atoms with Crippen molar-refractivity contribution in [3.05, 3.63) is 17.6 Å². The molecule has 0 spiro atoms. The monoisotopic (exact) mass is 305 g/mol. The van der Waals surface area contributed by atoms with Crippen LogP contribution in [0.2, 0.25) is 0 Å². The van der Waals surface area contributed by atoms with Crippen LogP contribution in [0, 0.1) is 6.92 Å². The summed E-state index contributed by atoms with van der Waals surface area (Å²) in [5.41, 5.74) is 0.